The molecule has 0 aliphatic rings. The van der Waals surface area contributed by atoms with E-state index in [4.69, 9.17) is 15.0 Å². The van der Waals surface area contributed by atoms with E-state index in [-0.39, 0.29) is 6.04 Å². The molecule has 1 atom stereocenters. The second-order valence-electron chi connectivity index (χ2n) is 4.45. The summed E-state index contributed by atoms with van der Waals surface area (Å²) in [5.74, 6) is 1.61. The van der Waals surface area contributed by atoms with Crippen LogP contribution in [0.1, 0.15) is 35.5 Å². The van der Waals surface area contributed by atoms with E-state index in [0.717, 1.165) is 28.3 Å². The Morgan fingerprint density at radius 1 is 1.39 bits per heavy atom. The van der Waals surface area contributed by atoms with Gasteiger partial charge in [-0.25, -0.2) is 0 Å². The smallest absolute Gasteiger partial charge is 0.140 e. The van der Waals surface area contributed by atoms with Crippen molar-refractivity contribution in [1.29, 1.82) is 0 Å². The van der Waals surface area contributed by atoms with Crippen molar-refractivity contribution in [3.05, 3.63) is 46.8 Å². The van der Waals surface area contributed by atoms with Crippen molar-refractivity contribution in [1.82, 2.24) is 5.16 Å². The molecule has 1 heterocycles. The molecule has 0 bridgehead atoms. The standard InChI is InChI=1S/C14H18N2O2/c1-9(15)12-5-4-6-13(7-12)17-8-14-10(2)16-18-11(14)3/h4-7,9H,8,15H2,1-3H3. The third-order valence-electron chi connectivity index (χ3n) is 2.95. The zero-order chi connectivity index (χ0) is 13.1. The van der Waals surface area contributed by atoms with Crippen LogP contribution < -0.4 is 10.5 Å². The summed E-state index contributed by atoms with van der Waals surface area (Å²) >= 11 is 0. The normalized spacial score (nSPS) is 12.4. The molecule has 0 saturated heterocycles. The number of nitrogens with two attached hydrogens (primary N) is 1. The van der Waals surface area contributed by atoms with Crippen molar-refractivity contribution in [3.63, 3.8) is 0 Å². The van der Waals surface area contributed by atoms with Gasteiger partial charge in [-0.15, -0.1) is 0 Å². The monoisotopic (exact) mass is 246 g/mol. The molecule has 2 N–H and O–H groups in total. The Labute approximate surface area is 107 Å². The van der Waals surface area contributed by atoms with Crippen LogP contribution in [0.4, 0.5) is 0 Å². The maximum atomic E-state index is 5.84. The van der Waals surface area contributed by atoms with Crippen LogP contribution in [0.5, 0.6) is 5.75 Å². The Kier molecular flexibility index (Phi) is 3.67. The summed E-state index contributed by atoms with van der Waals surface area (Å²) in [6.07, 6.45) is 0. The quantitative estimate of drug-likeness (QED) is 0.901. The molecule has 0 saturated carbocycles. The number of benzene rings is 1. The third-order valence-corrected chi connectivity index (χ3v) is 2.95. The molecule has 0 aliphatic heterocycles. The molecule has 4 heteroatoms. The van der Waals surface area contributed by atoms with E-state index in [1.54, 1.807) is 0 Å². The summed E-state index contributed by atoms with van der Waals surface area (Å²) in [5, 5.41) is 3.90. The highest BCUT2D eigenvalue weighted by atomic mass is 16.5. The third kappa shape index (κ3) is 2.71. The van der Waals surface area contributed by atoms with Gasteiger partial charge in [0.1, 0.15) is 18.1 Å². The maximum Gasteiger partial charge on any atom is 0.140 e. The minimum Gasteiger partial charge on any atom is -0.489 e. The first-order valence-corrected chi connectivity index (χ1v) is 5.98. The molecule has 0 spiro atoms. The zero-order valence-electron chi connectivity index (χ0n) is 10.9. The molecule has 0 aliphatic carbocycles. The Balaban J connectivity index is 2.09. The van der Waals surface area contributed by atoms with E-state index >= 15 is 0 Å². The van der Waals surface area contributed by atoms with Gasteiger partial charge in [0.25, 0.3) is 0 Å². The average molecular weight is 246 g/mol. The highest BCUT2D eigenvalue weighted by Gasteiger charge is 2.09. The molecule has 0 radical (unpaired) electrons. The molecule has 18 heavy (non-hydrogen) atoms. The lowest BCUT2D eigenvalue weighted by molar-refractivity contribution is 0.301. The van der Waals surface area contributed by atoms with Gasteiger partial charge in [0, 0.05) is 6.04 Å². The van der Waals surface area contributed by atoms with Crippen LogP contribution >= 0.6 is 0 Å². The number of ether oxygens (including phenoxy) is 1. The lowest BCUT2D eigenvalue weighted by atomic mass is 10.1. The van der Waals surface area contributed by atoms with Crippen LogP contribution in [-0.4, -0.2) is 5.16 Å². The first-order valence-electron chi connectivity index (χ1n) is 5.98. The van der Waals surface area contributed by atoms with Gasteiger partial charge < -0.3 is 15.0 Å². The number of hydrogen-bond acceptors (Lipinski definition) is 4. The van der Waals surface area contributed by atoms with Crippen LogP contribution in [0.3, 0.4) is 0 Å². The lowest BCUT2D eigenvalue weighted by Crippen LogP contribution is -2.05. The minimum atomic E-state index is 0.00705. The van der Waals surface area contributed by atoms with Crippen molar-refractivity contribution in [2.24, 2.45) is 5.73 Å². The SMILES string of the molecule is Cc1noc(C)c1COc1cccc(C(C)N)c1. The van der Waals surface area contributed by atoms with Gasteiger partial charge in [-0.3, -0.25) is 0 Å². The fourth-order valence-corrected chi connectivity index (χ4v) is 1.75. The molecule has 0 fully saturated rings. The van der Waals surface area contributed by atoms with Gasteiger partial charge in [-0.1, -0.05) is 17.3 Å². The summed E-state index contributed by atoms with van der Waals surface area (Å²) in [6.45, 7) is 6.21. The van der Waals surface area contributed by atoms with Crippen molar-refractivity contribution >= 4 is 0 Å². The van der Waals surface area contributed by atoms with E-state index in [1.807, 2.05) is 45.0 Å². The topological polar surface area (TPSA) is 61.3 Å². The van der Waals surface area contributed by atoms with Gasteiger partial charge in [0.15, 0.2) is 0 Å². The van der Waals surface area contributed by atoms with Crippen molar-refractivity contribution in [2.75, 3.05) is 0 Å². The van der Waals surface area contributed by atoms with Crippen molar-refractivity contribution in [2.45, 2.75) is 33.4 Å². The fourth-order valence-electron chi connectivity index (χ4n) is 1.75. The first-order chi connectivity index (χ1) is 8.58. The second kappa shape index (κ2) is 5.23. The van der Waals surface area contributed by atoms with Crippen LogP contribution in [0, 0.1) is 13.8 Å². The fraction of sp³-hybridized carbons (Fsp3) is 0.357. The molecule has 96 valence electrons. The molecule has 2 rings (SSSR count). The van der Waals surface area contributed by atoms with Crippen LogP contribution in [0.2, 0.25) is 0 Å². The molecular formula is C14H18N2O2. The number of hydrogen-bond donors (Lipinski definition) is 1. The first kappa shape index (κ1) is 12.6. The van der Waals surface area contributed by atoms with E-state index in [2.05, 4.69) is 5.16 Å². The number of aryl methyl sites for hydroxylation is 2. The van der Waals surface area contributed by atoms with Gasteiger partial charge in [0.05, 0.1) is 11.3 Å². The predicted octanol–water partition coefficient (Wildman–Crippen LogP) is 2.89. The van der Waals surface area contributed by atoms with Crippen molar-refractivity contribution < 1.29 is 9.26 Å². The summed E-state index contributed by atoms with van der Waals surface area (Å²) in [4.78, 5) is 0. The molecule has 4 nitrogen and oxygen atoms in total. The molecule has 2 aromatic rings. The highest BCUT2D eigenvalue weighted by Crippen LogP contribution is 2.20. The zero-order valence-corrected chi connectivity index (χ0v) is 10.9. The number of rotatable bonds is 4. The van der Waals surface area contributed by atoms with E-state index in [0.29, 0.717) is 6.61 Å². The molecule has 0 amide bonds. The van der Waals surface area contributed by atoms with Gasteiger partial charge >= 0.3 is 0 Å². The van der Waals surface area contributed by atoms with Gasteiger partial charge in [0.2, 0.25) is 0 Å². The predicted molar refractivity (Wildman–Crippen MR) is 69.4 cm³/mol. The minimum absolute atomic E-state index is 0.00705. The largest absolute Gasteiger partial charge is 0.489 e. The lowest BCUT2D eigenvalue weighted by Gasteiger charge is -2.09. The van der Waals surface area contributed by atoms with Crippen LogP contribution in [0.15, 0.2) is 28.8 Å². The summed E-state index contributed by atoms with van der Waals surface area (Å²) in [6, 6.07) is 7.83. The molecular weight excluding hydrogens is 228 g/mol. The molecule has 1 aromatic heterocycles. The maximum absolute atomic E-state index is 5.84. The van der Waals surface area contributed by atoms with Gasteiger partial charge in [-0.05, 0) is 38.5 Å². The highest BCUT2D eigenvalue weighted by molar-refractivity contribution is 5.30. The van der Waals surface area contributed by atoms with E-state index < -0.39 is 0 Å². The Hall–Kier alpha value is -1.81. The number of nitrogens with zero attached hydrogens (tertiary/aromatic N) is 1. The molecule has 1 aromatic carbocycles. The Bertz CT molecular complexity index is 513. The van der Waals surface area contributed by atoms with Crippen LogP contribution in [0.25, 0.3) is 0 Å². The van der Waals surface area contributed by atoms with E-state index in [9.17, 15) is 0 Å². The molecule has 1 unspecified atom stereocenters. The summed E-state index contributed by atoms with van der Waals surface area (Å²) in [7, 11) is 0. The average Bonchev–Trinajstić information content (AvgIpc) is 2.67. The number of aromatic nitrogens is 1. The van der Waals surface area contributed by atoms with E-state index in [1.165, 1.54) is 0 Å². The summed E-state index contributed by atoms with van der Waals surface area (Å²) < 4.78 is 10.8. The van der Waals surface area contributed by atoms with Crippen LogP contribution in [-0.2, 0) is 6.61 Å². The second-order valence-corrected chi connectivity index (χ2v) is 4.45. The van der Waals surface area contributed by atoms with Gasteiger partial charge in [-0.2, -0.15) is 0 Å². The Morgan fingerprint density at radius 3 is 2.78 bits per heavy atom. The Morgan fingerprint density at radius 2 is 2.17 bits per heavy atom. The summed E-state index contributed by atoms with van der Waals surface area (Å²) in [5.41, 5.74) is 8.77. The van der Waals surface area contributed by atoms with Crippen molar-refractivity contribution in [3.8, 4) is 5.75 Å².